The standard InChI is InChI=1S/C50H86O12/c1-15-39(53-9)33(7)35-25-37(35)45(51)29(3)19-17-21-31(5)47-41(55-11)27-43(57-13)50(62-47)60-24-23-59-49-42(56-12)28-44(58-14)61-48(49)32(6)22-18-20-30(4)46(52)38-26-36(38)34(8)40(16-2)54-10/h17-22,29-30,33-52H,15-16,23-28H2,1-14H3/b19-17+,20-18+,31-21+,32-22+/t29-,30-,33-,34-,35+,36+,37?,38?,39-,40-,41+,42-,43+,44+,45+,46+,47+,48+,49-,50+/m0/s1. The fraction of sp³-hybridized carbons (Fsp3) is 0.840. The lowest BCUT2D eigenvalue weighted by atomic mass is 9.91. The summed E-state index contributed by atoms with van der Waals surface area (Å²) in [5, 5.41) is 22.4. The maximum atomic E-state index is 11.2. The molecular weight excluding hydrogens is 793 g/mol. The van der Waals surface area contributed by atoms with Crippen molar-refractivity contribution in [3.8, 4) is 0 Å². The predicted octanol–water partition coefficient (Wildman–Crippen LogP) is 7.70. The largest absolute Gasteiger partial charge is 0.392 e. The van der Waals surface area contributed by atoms with E-state index in [9.17, 15) is 10.2 Å². The van der Waals surface area contributed by atoms with E-state index in [1.54, 1.807) is 42.7 Å². The van der Waals surface area contributed by atoms with Gasteiger partial charge in [-0.25, -0.2) is 0 Å². The normalized spacial score (nSPS) is 36.0. The van der Waals surface area contributed by atoms with Gasteiger partial charge in [0, 0.05) is 67.3 Å². The van der Waals surface area contributed by atoms with Crippen LogP contribution in [-0.2, 0) is 47.4 Å². The van der Waals surface area contributed by atoms with Gasteiger partial charge in [0.2, 0.25) is 0 Å². The zero-order chi connectivity index (χ0) is 45.7. The summed E-state index contributed by atoms with van der Waals surface area (Å²) < 4.78 is 60.5. The highest BCUT2D eigenvalue weighted by molar-refractivity contribution is 5.20. The molecule has 2 N–H and O–H groups in total. The average molecular weight is 879 g/mol. The van der Waals surface area contributed by atoms with E-state index in [0.29, 0.717) is 48.3 Å². The maximum Gasteiger partial charge on any atom is 0.184 e. The minimum Gasteiger partial charge on any atom is -0.392 e. The van der Waals surface area contributed by atoms with Crippen LogP contribution in [0.3, 0.4) is 0 Å². The van der Waals surface area contributed by atoms with Crippen LogP contribution < -0.4 is 0 Å². The second kappa shape index (κ2) is 26.0. The first-order chi connectivity index (χ1) is 29.7. The maximum absolute atomic E-state index is 11.2. The van der Waals surface area contributed by atoms with Crippen LogP contribution in [0.25, 0.3) is 0 Å². The quantitative estimate of drug-likeness (QED) is 0.0619. The van der Waals surface area contributed by atoms with E-state index in [1.165, 1.54) is 0 Å². The van der Waals surface area contributed by atoms with Crippen molar-refractivity contribution in [2.45, 2.75) is 168 Å². The summed E-state index contributed by atoms with van der Waals surface area (Å²) in [6.45, 7) is 17.5. The minimum atomic E-state index is -0.637. The summed E-state index contributed by atoms with van der Waals surface area (Å²) in [6.07, 6.45) is 14.0. The van der Waals surface area contributed by atoms with E-state index >= 15 is 0 Å². The number of ether oxygens (including phenoxy) is 10. The molecule has 0 aromatic carbocycles. The van der Waals surface area contributed by atoms with Gasteiger partial charge in [-0.05, 0) is 86.2 Å². The van der Waals surface area contributed by atoms with Crippen molar-refractivity contribution in [2.24, 2.45) is 47.3 Å². The molecule has 0 radical (unpaired) electrons. The first kappa shape index (κ1) is 53.1. The smallest absolute Gasteiger partial charge is 0.184 e. The van der Waals surface area contributed by atoms with Crippen molar-refractivity contribution < 1.29 is 57.6 Å². The van der Waals surface area contributed by atoms with Gasteiger partial charge in [-0.1, -0.05) is 78.0 Å². The van der Waals surface area contributed by atoms with E-state index in [1.807, 2.05) is 38.2 Å². The lowest BCUT2D eigenvalue weighted by Gasteiger charge is -2.41. The Morgan fingerprint density at radius 1 is 0.581 bits per heavy atom. The third-order valence-corrected chi connectivity index (χ3v) is 14.7. The van der Waals surface area contributed by atoms with Crippen LogP contribution in [0.4, 0.5) is 0 Å². The lowest BCUT2D eigenvalue weighted by molar-refractivity contribution is -0.274. The van der Waals surface area contributed by atoms with Crippen molar-refractivity contribution in [1.82, 2.24) is 0 Å². The van der Waals surface area contributed by atoms with Gasteiger partial charge in [0.1, 0.15) is 24.4 Å². The highest BCUT2D eigenvalue weighted by Gasteiger charge is 2.49. The highest BCUT2D eigenvalue weighted by atomic mass is 16.7. The monoisotopic (exact) mass is 879 g/mol. The molecule has 0 amide bonds. The molecule has 4 aliphatic rings. The predicted molar refractivity (Wildman–Crippen MR) is 241 cm³/mol. The number of aliphatic hydroxyl groups is 2. The summed E-state index contributed by atoms with van der Waals surface area (Å²) in [7, 11) is 10.2. The molecule has 20 atom stereocenters. The van der Waals surface area contributed by atoms with Gasteiger partial charge >= 0.3 is 0 Å². The summed E-state index contributed by atoms with van der Waals surface area (Å²) in [5.74, 6) is 2.44. The van der Waals surface area contributed by atoms with Crippen LogP contribution in [0.2, 0.25) is 0 Å². The lowest BCUT2D eigenvalue weighted by Crippen LogP contribution is -2.52. The van der Waals surface area contributed by atoms with E-state index in [4.69, 9.17) is 47.4 Å². The van der Waals surface area contributed by atoms with Gasteiger partial charge < -0.3 is 57.6 Å². The van der Waals surface area contributed by atoms with Crippen molar-refractivity contribution >= 4 is 0 Å². The highest BCUT2D eigenvalue weighted by Crippen LogP contribution is 2.51. The van der Waals surface area contributed by atoms with Gasteiger partial charge in [0.05, 0.1) is 49.8 Å². The van der Waals surface area contributed by atoms with E-state index in [0.717, 1.165) is 36.8 Å². The Bertz CT molecular complexity index is 1410. The number of hydrogen-bond acceptors (Lipinski definition) is 12. The molecule has 2 saturated heterocycles. The Morgan fingerprint density at radius 2 is 1.06 bits per heavy atom. The molecule has 2 aliphatic heterocycles. The molecule has 62 heavy (non-hydrogen) atoms. The second-order valence-corrected chi connectivity index (χ2v) is 18.6. The second-order valence-electron chi connectivity index (χ2n) is 18.6. The number of aliphatic hydroxyl groups excluding tert-OH is 2. The molecule has 2 saturated carbocycles. The fourth-order valence-electron chi connectivity index (χ4n) is 10.4. The first-order valence-electron chi connectivity index (χ1n) is 23.5. The van der Waals surface area contributed by atoms with E-state index in [-0.39, 0.29) is 61.7 Å². The van der Waals surface area contributed by atoms with Crippen molar-refractivity contribution in [2.75, 3.05) is 55.9 Å². The van der Waals surface area contributed by atoms with Gasteiger partial charge in [-0.3, -0.25) is 0 Å². The molecule has 0 aromatic heterocycles. The van der Waals surface area contributed by atoms with Gasteiger partial charge in [0.25, 0.3) is 0 Å². The number of hydrogen-bond donors (Lipinski definition) is 2. The first-order valence-corrected chi connectivity index (χ1v) is 23.5. The van der Waals surface area contributed by atoms with Crippen LogP contribution in [0.15, 0.2) is 47.6 Å². The third kappa shape index (κ3) is 14.0. The van der Waals surface area contributed by atoms with E-state index < -0.39 is 37.0 Å². The van der Waals surface area contributed by atoms with Gasteiger partial charge in [0.15, 0.2) is 12.6 Å². The molecule has 2 heterocycles. The topological polar surface area (TPSA) is 133 Å². The summed E-state index contributed by atoms with van der Waals surface area (Å²) >= 11 is 0. The average Bonchev–Trinajstić information content (AvgIpc) is 4.23. The molecule has 4 fully saturated rings. The zero-order valence-corrected chi connectivity index (χ0v) is 40.6. The molecule has 0 spiro atoms. The van der Waals surface area contributed by atoms with Crippen LogP contribution in [0.5, 0.6) is 0 Å². The molecule has 0 aromatic rings. The summed E-state index contributed by atoms with van der Waals surface area (Å²) in [6, 6.07) is 0. The number of allylic oxidation sites excluding steroid dienone is 4. The van der Waals surface area contributed by atoms with Crippen LogP contribution in [0, 0.1) is 47.3 Å². The Hall–Kier alpha value is -1.52. The molecule has 12 heteroatoms. The molecule has 2 unspecified atom stereocenters. The number of methoxy groups -OCH3 is 6. The van der Waals surface area contributed by atoms with Crippen LogP contribution in [0.1, 0.15) is 93.9 Å². The zero-order valence-electron chi connectivity index (χ0n) is 40.6. The summed E-state index contributed by atoms with van der Waals surface area (Å²) in [5.41, 5.74) is 1.96. The Balaban J connectivity index is 1.33. The van der Waals surface area contributed by atoms with Crippen LogP contribution in [-0.4, -0.2) is 140 Å². The molecule has 0 bridgehead atoms. The molecule has 12 nitrogen and oxygen atoms in total. The van der Waals surface area contributed by atoms with Gasteiger partial charge in [-0.15, -0.1) is 0 Å². The number of rotatable bonds is 27. The van der Waals surface area contributed by atoms with Crippen molar-refractivity contribution in [1.29, 1.82) is 0 Å². The molecule has 2 aliphatic carbocycles. The fourth-order valence-corrected chi connectivity index (χ4v) is 10.4. The molecular formula is C50H86O12. The van der Waals surface area contributed by atoms with E-state index in [2.05, 4.69) is 53.7 Å². The Kier molecular flexibility index (Phi) is 22.3. The van der Waals surface area contributed by atoms with Crippen molar-refractivity contribution in [3.05, 3.63) is 47.6 Å². The van der Waals surface area contributed by atoms with Gasteiger partial charge in [-0.2, -0.15) is 0 Å². The summed E-state index contributed by atoms with van der Waals surface area (Å²) in [4.78, 5) is 0. The SMILES string of the molecule is CC[C@H](OC)[C@@H](C)[C@H]1CC1[C@H](O)[C@@H](C)/C=C/C=C(\C)[C@H]1O[C@@H](OC)C[C@H](OC)[C@@H]1OCCO[C@@H]1O[C@H](/C(C)=C/C=C/[C@H](C)[C@@H](O)C2C[C@@H]2[C@H](C)[C@H](CC)OC)[C@H](OC)C[C@H]1OC. The van der Waals surface area contributed by atoms with Crippen molar-refractivity contribution in [3.63, 3.8) is 0 Å². The molecule has 358 valence electrons. The Labute approximate surface area is 375 Å². The van der Waals surface area contributed by atoms with Crippen LogP contribution >= 0.6 is 0 Å². The molecule has 4 rings (SSSR count). The third-order valence-electron chi connectivity index (χ3n) is 14.7. The Morgan fingerprint density at radius 3 is 1.52 bits per heavy atom. The minimum absolute atomic E-state index is 0.00106.